The van der Waals surface area contributed by atoms with Crippen molar-refractivity contribution in [3.05, 3.63) is 59.8 Å². The van der Waals surface area contributed by atoms with Crippen LogP contribution in [0.25, 0.3) is 0 Å². The van der Waals surface area contributed by atoms with Crippen LogP contribution in [-0.4, -0.2) is 61.6 Å². The third-order valence-electron chi connectivity index (χ3n) is 7.18. The van der Waals surface area contributed by atoms with Gasteiger partial charge in [-0.2, -0.15) is 0 Å². The van der Waals surface area contributed by atoms with Gasteiger partial charge in [-0.15, -0.1) is 0 Å². The molecule has 0 radical (unpaired) electrons. The number of ether oxygens (including phenoxy) is 2. The number of allylic oxidation sites excluding steroid dienone is 2. The van der Waals surface area contributed by atoms with E-state index in [0.717, 1.165) is 36.5 Å². The molecule has 0 aromatic carbocycles. The van der Waals surface area contributed by atoms with Crippen molar-refractivity contribution in [3.63, 3.8) is 0 Å². The van der Waals surface area contributed by atoms with Crippen LogP contribution in [-0.2, 0) is 18.7 Å². The molecule has 0 aromatic heterocycles. The van der Waals surface area contributed by atoms with Crippen molar-refractivity contribution in [2.75, 3.05) is 6.61 Å². The van der Waals surface area contributed by atoms with Gasteiger partial charge in [-0.1, -0.05) is 68.9 Å². The molecule has 5 atom stereocenters. The summed E-state index contributed by atoms with van der Waals surface area (Å²) < 4.78 is 18.6. The quantitative estimate of drug-likeness (QED) is 0.107. The van der Waals surface area contributed by atoms with Crippen LogP contribution in [0.5, 0.6) is 0 Å². The fourth-order valence-electron chi connectivity index (χ4n) is 4.11. The Morgan fingerprint density at radius 3 is 2.53 bits per heavy atom. The van der Waals surface area contributed by atoms with E-state index < -0.39 is 14.3 Å². The summed E-state index contributed by atoms with van der Waals surface area (Å²) >= 11 is 0. The minimum Gasteiger partial charge on any atom is -0.478 e. The van der Waals surface area contributed by atoms with Gasteiger partial charge in [0.25, 0.3) is 0 Å². The molecule has 36 heavy (non-hydrogen) atoms. The van der Waals surface area contributed by atoms with Crippen LogP contribution < -0.4 is 0 Å². The predicted octanol–water partition coefficient (Wildman–Crippen LogP) is 6.11. The number of hydrogen-bond donors (Lipinski definition) is 2. The van der Waals surface area contributed by atoms with Gasteiger partial charge in [0.15, 0.2) is 8.32 Å². The maximum Gasteiger partial charge on any atom is 0.328 e. The topological polar surface area (TPSA) is 88.5 Å². The van der Waals surface area contributed by atoms with E-state index in [1.165, 1.54) is 5.57 Å². The average Bonchev–Trinajstić information content (AvgIpc) is 3.52. The van der Waals surface area contributed by atoms with E-state index in [4.69, 9.17) is 19.0 Å². The summed E-state index contributed by atoms with van der Waals surface area (Å²) in [5.74, 6) is -0.955. The second-order valence-corrected chi connectivity index (χ2v) is 16.4. The highest BCUT2D eigenvalue weighted by atomic mass is 28.4. The summed E-state index contributed by atoms with van der Waals surface area (Å²) in [4.78, 5) is 10.8. The number of carboxylic acids is 1. The molecule has 6 nitrogen and oxygen atoms in total. The van der Waals surface area contributed by atoms with Crippen molar-refractivity contribution >= 4 is 14.3 Å². The lowest BCUT2D eigenvalue weighted by atomic mass is 9.95. The molecule has 0 spiro atoms. The van der Waals surface area contributed by atoms with E-state index in [9.17, 15) is 9.90 Å². The second kappa shape index (κ2) is 13.2. The maximum absolute atomic E-state index is 10.8. The number of aliphatic hydroxyl groups excluding tert-OH is 1. The first-order chi connectivity index (χ1) is 16.7. The molecule has 0 aliphatic carbocycles. The molecule has 0 amide bonds. The standard InChI is InChI=1S/C29H46O6Si/c1-20(11-9-14-27(31)32)15-24(35-36(7,8)29(4,5)6)13-10-12-23-16-21(2)17-25(33-23)18-22(3)28-26(19-30)34-28/h9-11,13-14,18,23-26,28,30H,2,12,15-17,19H2,1,3-8H3,(H,31,32)/b13-10+,14-9+,20-11-,22-18+/t23-,24?,25-,26-,28-/m0/s1. The van der Waals surface area contributed by atoms with E-state index in [1.807, 2.05) is 19.9 Å². The first kappa shape index (κ1) is 30.5. The number of epoxide rings is 1. The molecule has 2 N–H and O–H groups in total. The van der Waals surface area contributed by atoms with Crippen LogP contribution in [0.4, 0.5) is 0 Å². The fraction of sp³-hybridized carbons (Fsp3) is 0.621. The van der Waals surface area contributed by atoms with Crippen LogP contribution in [0, 0.1) is 0 Å². The fourth-order valence-corrected chi connectivity index (χ4v) is 5.38. The van der Waals surface area contributed by atoms with Gasteiger partial charge in [-0.05, 0) is 63.2 Å². The Labute approximate surface area is 218 Å². The Balaban J connectivity index is 2.06. The molecule has 2 rings (SSSR count). The van der Waals surface area contributed by atoms with E-state index >= 15 is 0 Å². The SMILES string of the molecule is C=C1C[C@H](C/C=C/C(C/C(C)=C\C=C\C(=O)O)O[Si](C)(C)C(C)(C)C)O[C@H](/C=C(\C)[C@@H]2O[C@H]2CO)C1. The summed E-state index contributed by atoms with van der Waals surface area (Å²) in [7, 11) is -2.00. The third kappa shape index (κ3) is 9.94. The minimum absolute atomic E-state index is 0.00187. The number of carboxylic acid groups (broad SMARTS) is 1. The molecule has 2 heterocycles. The van der Waals surface area contributed by atoms with Gasteiger partial charge >= 0.3 is 5.97 Å². The zero-order chi connectivity index (χ0) is 27.1. The van der Waals surface area contributed by atoms with Gasteiger partial charge in [0, 0.05) is 6.08 Å². The average molecular weight is 519 g/mol. The Hall–Kier alpha value is -1.77. The van der Waals surface area contributed by atoms with E-state index in [2.05, 4.69) is 58.7 Å². The summed E-state index contributed by atoms with van der Waals surface area (Å²) in [6.07, 6.45) is 13.9. The normalized spacial score (nSPS) is 27.2. The lowest BCUT2D eigenvalue weighted by Crippen LogP contribution is -2.43. The molecule has 0 aromatic rings. The highest BCUT2D eigenvalue weighted by molar-refractivity contribution is 6.74. The molecule has 1 unspecified atom stereocenters. The first-order valence-corrected chi connectivity index (χ1v) is 15.8. The van der Waals surface area contributed by atoms with Crippen LogP contribution in [0.2, 0.25) is 18.1 Å². The van der Waals surface area contributed by atoms with E-state index in [-0.39, 0.29) is 42.2 Å². The molecular weight excluding hydrogens is 472 g/mol. The van der Waals surface area contributed by atoms with Gasteiger partial charge in [0.2, 0.25) is 0 Å². The van der Waals surface area contributed by atoms with Gasteiger partial charge < -0.3 is 24.1 Å². The summed E-state index contributed by atoms with van der Waals surface area (Å²) in [5, 5.41) is 18.2. The van der Waals surface area contributed by atoms with Crippen molar-refractivity contribution in [2.24, 2.45) is 0 Å². The Bertz CT molecular complexity index is 892. The van der Waals surface area contributed by atoms with Gasteiger partial charge in [-0.25, -0.2) is 4.79 Å². The number of carbonyl (C=O) groups is 1. The van der Waals surface area contributed by atoms with Gasteiger partial charge in [0.1, 0.15) is 12.2 Å². The van der Waals surface area contributed by atoms with E-state index in [1.54, 1.807) is 6.08 Å². The molecule has 7 heteroatoms. The maximum atomic E-state index is 10.8. The van der Waals surface area contributed by atoms with Crippen LogP contribution >= 0.6 is 0 Å². The minimum atomic E-state index is -2.00. The summed E-state index contributed by atoms with van der Waals surface area (Å²) in [5.41, 5.74) is 3.35. The molecule has 0 saturated carbocycles. The number of rotatable bonds is 12. The predicted molar refractivity (Wildman–Crippen MR) is 148 cm³/mol. The van der Waals surface area contributed by atoms with Crippen LogP contribution in [0.15, 0.2) is 59.8 Å². The summed E-state index contributed by atoms with van der Waals surface area (Å²) in [6.45, 7) is 19.5. The van der Waals surface area contributed by atoms with Crippen molar-refractivity contribution in [2.45, 2.75) is 109 Å². The number of aliphatic carboxylic acids is 1. The van der Waals surface area contributed by atoms with Gasteiger partial charge in [0.05, 0.1) is 24.9 Å². The molecule has 2 fully saturated rings. The lowest BCUT2D eigenvalue weighted by molar-refractivity contribution is -0.131. The summed E-state index contributed by atoms with van der Waals surface area (Å²) in [6, 6.07) is 0. The van der Waals surface area contributed by atoms with Gasteiger partial charge in [-0.3, -0.25) is 0 Å². The van der Waals surface area contributed by atoms with Crippen LogP contribution in [0.3, 0.4) is 0 Å². The van der Waals surface area contributed by atoms with Crippen molar-refractivity contribution in [3.8, 4) is 0 Å². The number of aliphatic hydroxyl groups is 1. The molecular formula is C29H46O6Si. The lowest BCUT2D eigenvalue weighted by Gasteiger charge is -2.39. The molecule has 0 bridgehead atoms. The zero-order valence-electron chi connectivity index (χ0n) is 23.1. The first-order valence-electron chi connectivity index (χ1n) is 12.9. The highest BCUT2D eigenvalue weighted by Gasteiger charge is 2.40. The van der Waals surface area contributed by atoms with Crippen molar-refractivity contribution in [1.29, 1.82) is 0 Å². The van der Waals surface area contributed by atoms with Crippen molar-refractivity contribution in [1.82, 2.24) is 0 Å². The van der Waals surface area contributed by atoms with Crippen LogP contribution in [0.1, 0.15) is 60.3 Å². The third-order valence-corrected chi connectivity index (χ3v) is 11.7. The molecule has 2 saturated heterocycles. The monoisotopic (exact) mass is 518 g/mol. The Morgan fingerprint density at radius 2 is 1.94 bits per heavy atom. The smallest absolute Gasteiger partial charge is 0.328 e. The molecule has 2 aliphatic heterocycles. The Kier molecular flexibility index (Phi) is 11.1. The Morgan fingerprint density at radius 1 is 1.25 bits per heavy atom. The largest absolute Gasteiger partial charge is 0.478 e. The molecule has 202 valence electrons. The second-order valence-electron chi connectivity index (χ2n) is 11.6. The molecule has 2 aliphatic rings. The number of hydrogen-bond acceptors (Lipinski definition) is 5. The highest BCUT2D eigenvalue weighted by Crippen LogP contribution is 2.38. The van der Waals surface area contributed by atoms with Crippen molar-refractivity contribution < 1.29 is 28.9 Å². The zero-order valence-corrected chi connectivity index (χ0v) is 24.1. The van der Waals surface area contributed by atoms with E-state index in [0.29, 0.717) is 6.42 Å².